The number of para-hydroxylation sites is 1. The summed E-state index contributed by atoms with van der Waals surface area (Å²) < 4.78 is 29.0. The number of rotatable bonds is 7. The Morgan fingerprint density at radius 1 is 1.27 bits per heavy atom. The fourth-order valence-corrected chi connectivity index (χ4v) is 2.65. The fraction of sp³-hybridized carbons (Fsp3) is 0.263. The second kappa shape index (κ2) is 8.99. The van der Waals surface area contributed by atoms with Gasteiger partial charge in [0.25, 0.3) is 5.91 Å². The van der Waals surface area contributed by atoms with E-state index < -0.39 is 12.9 Å². The third-order valence-electron chi connectivity index (χ3n) is 4.04. The number of benzene rings is 1. The summed E-state index contributed by atoms with van der Waals surface area (Å²) in [4.78, 5) is 28.6. The predicted octanol–water partition coefficient (Wildman–Crippen LogP) is 1.73. The number of nitrogens with zero attached hydrogens (tertiary/aromatic N) is 5. The lowest BCUT2D eigenvalue weighted by atomic mass is 10.1. The zero-order valence-electron chi connectivity index (χ0n) is 19.6. The minimum Gasteiger partial charge on any atom is -0.494 e. The number of carbonyl (C=O) groups is 2. The van der Waals surface area contributed by atoms with E-state index in [-0.39, 0.29) is 29.5 Å². The SMILES string of the molecule is [2H]C([2H])([2H])NC(=O)c1nnc(NC(=O)CC)cc1Nc1cccc(-c2ncn(C)n2)c1OC. The highest BCUT2D eigenvalue weighted by Crippen LogP contribution is 2.37. The summed E-state index contributed by atoms with van der Waals surface area (Å²) in [6.45, 7) is -1.06. The van der Waals surface area contributed by atoms with Crippen LogP contribution in [0, 0.1) is 0 Å². The minimum absolute atomic E-state index is 0.0799. The maximum absolute atomic E-state index is 12.6. The van der Waals surface area contributed by atoms with Crippen LogP contribution in [0.1, 0.15) is 27.9 Å². The molecule has 2 aromatic heterocycles. The van der Waals surface area contributed by atoms with Gasteiger partial charge in [-0.05, 0) is 12.1 Å². The van der Waals surface area contributed by atoms with Gasteiger partial charge in [0.2, 0.25) is 5.91 Å². The van der Waals surface area contributed by atoms with Gasteiger partial charge in [-0.1, -0.05) is 13.0 Å². The van der Waals surface area contributed by atoms with E-state index in [9.17, 15) is 9.59 Å². The standard InChI is InChI=1S/C19H22N8O3/c1-5-15(28)23-14-9-13(16(25-24-14)19(29)20-2)22-12-8-6-7-11(17(12)30-4)18-21-10-27(3)26-18/h6-10H,5H2,1-4H3,(H,20,29)(H2,22,23,24,28)/i2D3. The Kier molecular flexibility index (Phi) is 5.06. The summed E-state index contributed by atoms with van der Waals surface area (Å²) in [5.74, 6) is -0.407. The number of aryl methyl sites for hydroxylation is 1. The molecule has 2 heterocycles. The van der Waals surface area contributed by atoms with Gasteiger partial charge < -0.3 is 20.7 Å². The molecule has 0 bridgehead atoms. The molecule has 0 spiro atoms. The molecule has 0 radical (unpaired) electrons. The summed E-state index contributed by atoms with van der Waals surface area (Å²) in [6, 6.07) is 6.55. The molecule has 0 saturated carbocycles. The first kappa shape index (κ1) is 16.9. The number of anilines is 3. The highest BCUT2D eigenvalue weighted by Gasteiger charge is 2.19. The summed E-state index contributed by atoms with van der Waals surface area (Å²) >= 11 is 0. The predicted molar refractivity (Wildman–Crippen MR) is 111 cm³/mol. The van der Waals surface area contributed by atoms with E-state index in [1.54, 1.807) is 43.2 Å². The van der Waals surface area contributed by atoms with Gasteiger partial charge in [-0.3, -0.25) is 14.3 Å². The van der Waals surface area contributed by atoms with E-state index in [1.807, 2.05) is 5.32 Å². The first-order chi connectivity index (χ1) is 15.6. The van der Waals surface area contributed by atoms with Crippen LogP contribution >= 0.6 is 0 Å². The van der Waals surface area contributed by atoms with Gasteiger partial charge in [-0.25, -0.2) is 4.98 Å². The maximum atomic E-state index is 12.6. The number of hydrogen-bond donors (Lipinski definition) is 3. The van der Waals surface area contributed by atoms with Crippen molar-refractivity contribution in [3.8, 4) is 17.1 Å². The lowest BCUT2D eigenvalue weighted by Crippen LogP contribution is -2.22. The topological polar surface area (TPSA) is 136 Å². The molecule has 156 valence electrons. The van der Waals surface area contributed by atoms with Crippen LogP contribution in [0.25, 0.3) is 11.4 Å². The van der Waals surface area contributed by atoms with Crippen molar-refractivity contribution >= 4 is 29.0 Å². The number of amides is 2. The number of nitrogens with one attached hydrogen (secondary N) is 3. The minimum atomic E-state index is -2.73. The summed E-state index contributed by atoms with van der Waals surface area (Å²) in [5.41, 5.74) is 0.816. The van der Waals surface area contributed by atoms with Gasteiger partial charge in [0.1, 0.15) is 6.33 Å². The van der Waals surface area contributed by atoms with Gasteiger partial charge in [-0.2, -0.15) is 5.10 Å². The molecule has 0 aliphatic carbocycles. The molecule has 0 atom stereocenters. The zero-order valence-corrected chi connectivity index (χ0v) is 16.6. The molecular formula is C19H22N8O3. The van der Waals surface area contributed by atoms with Crippen molar-refractivity contribution < 1.29 is 18.4 Å². The van der Waals surface area contributed by atoms with Crippen molar-refractivity contribution in [1.29, 1.82) is 0 Å². The molecule has 0 fully saturated rings. The molecule has 0 aliphatic heterocycles. The Balaban J connectivity index is 2.06. The molecule has 0 saturated heterocycles. The second-order valence-corrected chi connectivity index (χ2v) is 6.10. The Morgan fingerprint density at radius 2 is 2.10 bits per heavy atom. The van der Waals surface area contributed by atoms with Crippen molar-refractivity contribution in [2.75, 3.05) is 24.7 Å². The molecule has 3 aromatic rings. The van der Waals surface area contributed by atoms with Gasteiger partial charge in [-0.15, -0.1) is 10.2 Å². The molecule has 3 rings (SSSR count). The Labute approximate surface area is 177 Å². The molecule has 3 N–H and O–H groups in total. The molecule has 0 unspecified atom stereocenters. The van der Waals surface area contributed by atoms with E-state index in [4.69, 9.17) is 8.85 Å². The summed E-state index contributed by atoms with van der Waals surface area (Å²) in [6.07, 6.45) is 1.75. The van der Waals surface area contributed by atoms with E-state index in [0.29, 0.717) is 22.8 Å². The smallest absolute Gasteiger partial charge is 0.273 e. The van der Waals surface area contributed by atoms with E-state index in [1.165, 1.54) is 13.2 Å². The third-order valence-corrected chi connectivity index (χ3v) is 4.04. The Hall–Kier alpha value is -4.02. The van der Waals surface area contributed by atoms with E-state index in [2.05, 4.69) is 30.9 Å². The van der Waals surface area contributed by atoms with Crippen LogP contribution in [0.4, 0.5) is 17.2 Å². The van der Waals surface area contributed by atoms with Crippen molar-refractivity contribution in [1.82, 2.24) is 30.3 Å². The van der Waals surface area contributed by atoms with Crippen molar-refractivity contribution in [3.05, 3.63) is 36.3 Å². The van der Waals surface area contributed by atoms with Crippen LogP contribution in [0.2, 0.25) is 0 Å². The highest BCUT2D eigenvalue weighted by molar-refractivity contribution is 5.99. The van der Waals surface area contributed by atoms with Crippen molar-refractivity contribution in [2.45, 2.75) is 13.3 Å². The van der Waals surface area contributed by atoms with Crippen molar-refractivity contribution in [3.63, 3.8) is 0 Å². The van der Waals surface area contributed by atoms with Gasteiger partial charge >= 0.3 is 0 Å². The Morgan fingerprint density at radius 3 is 2.77 bits per heavy atom. The van der Waals surface area contributed by atoms with E-state index in [0.717, 1.165) is 0 Å². The van der Waals surface area contributed by atoms with Crippen molar-refractivity contribution in [2.24, 2.45) is 7.05 Å². The van der Waals surface area contributed by atoms with Crippen LogP contribution in [0.15, 0.2) is 30.6 Å². The normalized spacial score (nSPS) is 12.3. The number of methoxy groups -OCH3 is 1. The average Bonchev–Trinajstić information content (AvgIpc) is 3.18. The number of hydrogen-bond acceptors (Lipinski definition) is 8. The molecule has 30 heavy (non-hydrogen) atoms. The largest absolute Gasteiger partial charge is 0.494 e. The van der Waals surface area contributed by atoms with Crippen LogP contribution < -0.4 is 20.7 Å². The fourth-order valence-electron chi connectivity index (χ4n) is 2.65. The van der Waals surface area contributed by atoms with Gasteiger partial charge in [0.15, 0.2) is 23.1 Å². The van der Waals surface area contributed by atoms with Crippen LogP contribution in [-0.4, -0.2) is 50.9 Å². The lowest BCUT2D eigenvalue weighted by molar-refractivity contribution is -0.115. The lowest BCUT2D eigenvalue weighted by Gasteiger charge is -2.16. The number of carbonyl (C=O) groups excluding carboxylic acids is 2. The van der Waals surface area contributed by atoms with Gasteiger partial charge in [0, 0.05) is 30.6 Å². The molecule has 11 nitrogen and oxygen atoms in total. The zero-order chi connectivity index (χ0) is 24.2. The quantitative estimate of drug-likeness (QED) is 0.533. The number of aromatic nitrogens is 5. The highest BCUT2D eigenvalue weighted by atomic mass is 16.5. The maximum Gasteiger partial charge on any atom is 0.273 e. The van der Waals surface area contributed by atoms with Crippen LogP contribution in [0.3, 0.4) is 0 Å². The van der Waals surface area contributed by atoms with Crippen LogP contribution in [-0.2, 0) is 11.8 Å². The third kappa shape index (κ3) is 4.35. The molecule has 1 aromatic carbocycles. The van der Waals surface area contributed by atoms with Crippen LogP contribution in [0.5, 0.6) is 5.75 Å². The van der Waals surface area contributed by atoms with E-state index >= 15 is 0 Å². The number of ether oxygens (including phenoxy) is 1. The molecule has 0 aliphatic rings. The molecule has 2 amide bonds. The van der Waals surface area contributed by atoms with Gasteiger partial charge in [0.05, 0.1) is 24.0 Å². The first-order valence-corrected chi connectivity index (χ1v) is 8.91. The summed E-state index contributed by atoms with van der Waals surface area (Å²) in [5, 5.41) is 19.4. The second-order valence-electron chi connectivity index (χ2n) is 6.10. The summed E-state index contributed by atoms with van der Waals surface area (Å²) in [7, 11) is 3.20. The average molecular weight is 413 g/mol. The Bertz CT molecular complexity index is 1180. The molecular weight excluding hydrogens is 388 g/mol. The first-order valence-electron chi connectivity index (χ1n) is 10.4. The molecule has 11 heteroatoms. The monoisotopic (exact) mass is 413 g/mol.